The molecule has 26 heavy (non-hydrogen) atoms. The van der Waals surface area contributed by atoms with Gasteiger partial charge in [-0.25, -0.2) is 0 Å². The van der Waals surface area contributed by atoms with Gasteiger partial charge in [-0.3, -0.25) is 4.90 Å². The summed E-state index contributed by atoms with van der Waals surface area (Å²) in [4.78, 5) is 3.24. The van der Waals surface area contributed by atoms with Crippen molar-refractivity contribution >= 4 is 11.3 Å². The highest BCUT2D eigenvalue weighted by molar-refractivity contribution is 7.09. The Bertz CT molecular complexity index is 474. The summed E-state index contributed by atoms with van der Waals surface area (Å²) in [5.41, 5.74) is 0. The molecule has 7 nitrogen and oxygen atoms in total. The quantitative estimate of drug-likeness (QED) is 0.584. The molecule has 1 aromatic heterocycles. The van der Waals surface area contributed by atoms with Crippen molar-refractivity contribution in [1.29, 1.82) is 0 Å². The molecule has 0 aliphatic carbocycles. The third kappa shape index (κ3) is 7.21. The molecule has 4 N–H and O–H groups in total. The molecule has 1 aromatic rings. The first-order valence-electron chi connectivity index (χ1n) is 9.21. The lowest BCUT2D eigenvalue weighted by atomic mass is 10.0. The van der Waals surface area contributed by atoms with Gasteiger partial charge in [0.05, 0.1) is 12.7 Å². The van der Waals surface area contributed by atoms with Crippen LogP contribution in [0.3, 0.4) is 0 Å². The second-order valence-electron chi connectivity index (χ2n) is 6.63. The first kappa shape index (κ1) is 21.7. The van der Waals surface area contributed by atoms with Crippen LogP contribution in [0.2, 0.25) is 0 Å². The summed E-state index contributed by atoms with van der Waals surface area (Å²) in [5, 5.41) is 42.2. The maximum Gasteiger partial charge on any atom is 0.114 e. The largest absolute Gasteiger partial charge is 0.394 e. The smallest absolute Gasteiger partial charge is 0.114 e. The number of hydrogen-bond acceptors (Lipinski definition) is 8. The molecule has 150 valence electrons. The van der Waals surface area contributed by atoms with Crippen LogP contribution in [0.5, 0.6) is 0 Å². The van der Waals surface area contributed by atoms with Gasteiger partial charge in [-0.1, -0.05) is 6.07 Å². The highest BCUT2D eigenvalue weighted by atomic mass is 32.1. The molecule has 1 saturated heterocycles. The molecule has 0 radical (unpaired) electrons. The Kier molecular flexibility index (Phi) is 10.0. The minimum atomic E-state index is -1.28. The summed E-state index contributed by atoms with van der Waals surface area (Å²) in [5.74, 6) is 0. The van der Waals surface area contributed by atoms with E-state index in [0.29, 0.717) is 26.4 Å². The Labute approximate surface area is 158 Å². The Morgan fingerprint density at radius 3 is 2.69 bits per heavy atom. The van der Waals surface area contributed by atoms with Crippen LogP contribution in [0.1, 0.15) is 24.1 Å². The molecule has 0 bridgehead atoms. The van der Waals surface area contributed by atoms with Crippen LogP contribution < -0.4 is 0 Å². The summed E-state index contributed by atoms with van der Waals surface area (Å²) < 4.78 is 11.2. The van der Waals surface area contributed by atoms with E-state index < -0.39 is 31.0 Å². The SMILES string of the molecule is OC[C@@H](O)[C@H]1OCCCCOCCCN(Cc2cccs2)C[C@@H](O)[C@H]1O. The summed E-state index contributed by atoms with van der Waals surface area (Å²) in [6.45, 7) is 2.76. The Morgan fingerprint density at radius 1 is 1.19 bits per heavy atom. The van der Waals surface area contributed by atoms with Gasteiger partial charge in [0.2, 0.25) is 0 Å². The molecule has 0 unspecified atom stereocenters. The van der Waals surface area contributed by atoms with Gasteiger partial charge in [0.15, 0.2) is 0 Å². The number of nitrogens with zero attached hydrogens (tertiary/aromatic N) is 1. The van der Waals surface area contributed by atoms with Crippen molar-refractivity contribution in [2.75, 3.05) is 39.5 Å². The molecule has 0 aromatic carbocycles. The zero-order valence-electron chi connectivity index (χ0n) is 15.1. The molecule has 0 saturated carbocycles. The van der Waals surface area contributed by atoms with E-state index in [1.165, 1.54) is 4.88 Å². The highest BCUT2D eigenvalue weighted by Gasteiger charge is 2.33. The van der Waals surface area contributed by atoms with E-state index in [4.69, 9.17) is 9.47 Å². The lowest BCUT2D eigenvalue weighted by Gasteiger charge is -2.33. The predicted octanol–water partition coefficient (Wildman–Crippen LogP) is 0.211. The highest BCUT2D eigenvalue weighted by Crippen LogP contribution is 2.16. The van der Waals surface area contributed by atoms with Gasteiger partial charge in [0.25, 0.3) is 0 Å². The van der Waals surface area contributed by atoms with Crippen LogP contribution in [0.4, 0.5) is 0 Å². The van der Waals surface area contributed by atoms with E-state index in [1.807, 2.05) is 17.5 Å². The summed E-state index contributed by atoms with van der Waals surface area (Å²) in [7, 11) is 0. The average Bonchev–Trinajstić information content (AvgIpc) is 3.14. The summed E-state index contributed by atoms with van der Waals surface area (Å²) >= 11 is 1.65. The molecule has 4 atom stereocenters. The van der Waals surface area contributed by atoms with E-state index in [0.717, 1.165) is 25.8 Å². The monoisotopic (exact) mass is 389 g/mol. The van der Waals surface area contributed by atoms with Gasteiger partial charge in [-0.05, 0) is 30.7 Å². The molecule has 2 rings (SSSR count). The van der Waals surface area contributed by atoms with Crippen molar-refractivity contribution in [1.82, 2.24) is 4.90 Å². The van der Waals surface area contributed by atoms with Crippen molar-refractivity contribution in [2.45, 2.75) is 50.2 Å². The maximum atomic E-state index is 10.5. The Morgan fingerprint density at radius 2 is 1.96 bits per heavy atom. The van der Waals surface area contributed by atoms with Gasteiger partial charge < -0.3 is 29.9 Å². The van der Waals surface area contributed by atoms with Crippen molar-refractivity contribution in [3.05, 3.63) is 22.4 Å². The number of β-amino-alcohol motifs (C(OH)–C–C–N with tert-alkyl or cyclic N) is 1. The first-order chi connectivity index (χ1) is 12.6. The van der Waals surface area contributed by atoms with Crippen LogP contribution >= 0.6 is 11.3 Å². The zero-order chi connectivity index (χ0) is 18.8. The molecule has 8 heteroatoms. The Hall–Kier alpha value is -0.580. The lowest BCUT2D eigenvalue weighted by molar-refractivity contribution is -0.147. The molecule has 0 amide bonds. The molecular formula is C18H31NO6S. The van der Waals surface area contributed by atoms with E-state index in [1.54, 1.807) is 11.3 Å². The van der Waals surface area contributed by atoms with Crippen LogP contribution in [-0.4, -0.2) is 89.3 Å². The molecular weight excluding hydrogens is 358 g/mol. The minimum absolute atomic E-state index is 0.247. The molecule has 2 heterocycles. The van der Waals surface area contributed by atoms with Crippen LogP contribution in [0, 0.1) is 0 Å². The van der Waals surface area contributed by atoms with Crippen molar-refractivity contribution in [3.8, 4) is 0 Å². The third-order valence-corrected chi connectivity index (χ3v) is 5.32. The second-order valence-corrected chi connectivity index (χ2v) is 7.66. The number of aliphatic hydroxyl groups excluding tert-OH is 4. The summed E-state index contributed by atoms with van der Waals surface area (Å²) in [6.07, 6.45) is -2.25. The fourth-order valence-electron chi connectivity index (χ4n) is 3.01. The first-order valence-corrected chi connectivity index (χ1v) is 10.1. The molecule has 0 spiro atoms. The van der Waals surface area contributed by atoms with Gasteiger partial charge in [-0.15, -0.1) is 11.3 Å². The third-order valence-electron chi connectivity index (χ3n) is 4.46. The van der Waals surface area contributed by atoms with Crippen LogP contribution in [-0.2, 0) is 16.0 Å². The van der Waals surface area contributed by atoms with E-state index in [2.05, 4.69) is 4.90 Å². The predicted molar refractivity (Wildman–Crippen MR) is 99.1 cm³/mol. The number of aliphatic hydroxyl groups is 4. The molecule has 1 aliphatic rings. The maximum absolute atomic E-state index is 10.5. The van der Waals surface area contributed by atoms with Gasteiger partial charge in [-0.2, -0.15) is 0 Å². The van der Waals surface area contributed by atoms with E-state index in [9.17, 15) is 20.4 Å². The summed E-state index contributed by atoms with van der Waals surface area (Å²) in [6, 6.07) is 4.02. The number of hydrogen-bond donors (Lipinski definition) is 4. The van der Waals surface area contributed by atoms with Crippen LogP contribution in [0.15, 0.2) is 17.5 Å². The fourth-order valence-corrected chi connectivity index (χ4v) is 3.75. The number of thiophene rings is 1. The average molecular weight is 390 g/mol. The van der Waals surface area contributed by atoms with Crippen molar-refractivity contribution < 1.29 is 29.9 Å². The van der Waals surface area contributed by atoms with Crippen molar-refractivity contribution in [3.63, 3.8) is 0 Å². The number of ether oxygens (including phenoxy) is 2. The lowest BCUT2D eigenvalue weighted by Crippen LogP contribution is -2.51. The number of rotatable bonds is 4. The van der Waals surface area contributed by atoms with E-state index in [-0.39, 0.29) is 6.54 Å². The minimum Gasteiger partial charge on any atom is -0.394 e. The molecule has 1 aliphatic heterocycles. The van der Waals surface area contributed by atoms with Gasteiger partial charge in [0.1, 0.15) is 18.3 Å². The van der Waals surface area contributed by atoms with E-state index >= 15 is 0 Å². The van der Waals surface area contributed by atoms with Gasteiger partial charge in [0, 0.05) is 44.3 Å². The normalized spacial score (nSPS) is 29.2. The van der Waals surface area contributed by atoms with Gasteiger partial charge >= 0.3 is 0 Å². The fraction of sp³-hybridized carbons (Fsp3) is 0.778. The zero-order valence-corrected chi connectivity index (χ0v) is 15.9. The Balaban J connectivity index is 2.04. The topological polar surface area (TPSA) is 103 Å². The molecule has 1 fully saturated rings. The standard InChI is InChI=1S/C18H31NO6S/c20-13-16(22)18-17(23)15(21)12-19(11-14-5-3-10-26-14)6-4-8-24-7-1-2-9-25-18/h3,5,10,15-18,20-23H,1-2,4,6-9,11-13H2/t15-,16-,17-,18-/m1/s1. The second kappa shape index (κ2) is 12.0. The van der Waals surface area contributed by atoms with Crippen molar-refractivity contribution in [2.24, 2.45) is 0 Å². The van der Waals surface area contributed by atoms with Crippen LogP contribution in [0.25, 0.3) is 0 Å².